The Hall–Kier alpha value is -2.84. The minimum Gasteiger partial charge on any atom is -0.481 e. The fraction of sp³-hybridized carbons (Fsp3) is 0.389. The summed E-state index contributed by atoms with van der Waals surface area (Å²) in [6.07, 6.45) is -3.39. The molecule has 1 heterocycles. The van der Waals surface area contributed by atoms with E-state index in [1.54, 1.807) is 20.8 Å². The Kier molecular flexibility index (Phi) is 5.62. The van der Waals surface area contributed by atoms with Crippen molar-refractivity contribution in [3.05, 3.63) is 47.8 Å². The van der Waals surface area contributed by atoms with Gasteiger partial charge in [0.1, 0.15) is 0 Å². The zero-order chi connectivity index (χ0) is 20.4. The predicted molar refractivity (Wildman–Crippen MR) is 91.5 cm³/mol. The third-order valence-corrected chi connectivity index (χ3v) is 4.45. The number of nitrogens with one attached hydrogen (secondary N) is 1. The Balaban J connectivity index is 2.25. The van der Waals surface area contributed by atoms with Crippen LogP contribution < -0.4 is 5.32 Å². The van der Waals surface area contributed by atoms with E-state index in [1.165, 1.54) is 24.4 Å². The van der Waals surface area contributed by atoms with Gasteiger partial charge in [-0.25, -0.2) is 4.68 Å². The summed E-state index contributed by atoms with van der Waals surface area (Å²) in [5, 5.41) is 15.7. The molecule has 27 heavy (non-hydrogen) atoms. The summed E-state index contributed by atoms with van der Waals surface area (Å²) < 4.78 is 39.7. The van der Waals surface area contributed by atoms with Crippen LogP contribution in [0.25, 0.3) is 5.69 Å². The molecule has 2 aromatic rings. The van der Waals surface area contributed by atoms with Gasteiger partial charge in [0, 0.05) is 6.20 Å². The van der Waals surface area contributed by atoms with Gasteiger partial charge in [0.2, 0.25) is 0 Å². The Morgan fingerprint density at radius 1 is 1.26 bits per heavy atom. The molecule has 2 rings (SSSR count). The second kappa shape index (κ2) is 7.42. The highest BCUT2D eigenvalue weighted by Crippen LogP contribution is 2.30. The SMILES string of the molecule is CC(C)C(C)(CC(=O)O)NC(=O)c1ccn(-c2cccc(C(F)(F)F)c2)n1. The zero-order valence-corrected chi connectivity index (χ0v) is 15.0. The molecular weight excluding hydrogens is 363 g/mol. The molecule has 9 heteroatoms. The van der Waals surface area contributed by atoms with E-state index in [0.717, 1.165) is 16.8 Å². The minimum atomic E-state index is -4.49. The topological polar surface area (TPSA) is 84.2 Å². The standard InChI is InChI=1S/C18H20F3N3O3/c1-11(2)17(3,10-15(25)26)22-16(27)14-7-8-24(23-14)13-6-4-5-12(9-13)18(19,20)21/h4-9,11H,10H2,1-3H3,(H,22,27)(H,25,26). The molecule has 146 valence electrons. The van der Waals surface area contributed by atoms with Gasteiger partial charge in [0.25, 0.3) is 5.91 Å². The first-order valence-electron chi connectivity index (χ1n) is 8.20. The van der Waals surface area contributed by atoms with Crippen molar-refractivity contribution in [2.24, 2.45) is 5.92 Å². The monoisotopic (exact) mass is 383 g/mol. The number of halogens is 3. The highest BCUT2D eigenvalue weighted by molar-refractivity contribution is 5.93. The Labute approximate surface area is 154 Å². The molecule has 2 N–H and O–H groups in total. The van der Waals surface area contributed by atoms with Crippen molar-refractivity contribution in [2.45, 2.75) is 38.9 Å². The Morgan fingerprint density at radius 2 is 1.93 bits per heavy atom. The number of alkyl halides is 3. The van der Waals surface area contributed by atoms with Crippen molar-refractivity contribution in [2.75, 3.05) is 0 Å². The van der Waals surface area contributed by atoms with E-state index in [4.69, 9.17) is 5.11 Å². The molecule has 6 nitrogen and oxygen atoms in total. The van der Waals surface area contributed by atoms with Crippen molar-refractivity contribution in [3.63, 3.8) is 0 Å². The number of hydrogen-bond acceptors (Lipinski definition) is 3. The Morgan fingerprint density at radius 3 is 2.48 bits per heavy atom. The van der Waals surface area contributed by atoms with Gasteiger partial charge in [-0.2, -0.15) is 18.3 Å². The van der Waals surface area contributed by atoms with E-state index in [0.29, 0.717) is 0 Å². The molecule has 0 saturated heterocycles. The van der Waals surface area contributed by atoms with Crippen LogP contribution in [0.3, 0.4) is 0 Å². The number of rotatable bonds is 6. The molecule has 0 aliphatic heterocycles. The average Bonchev–Trinajstić information content (AvgIpc) is 3.03. The molecule has 1 unspecified atom stereocenters. The van der Waals surface area contributed by atoms with E-state index in [9.17, 15) is 22.8 Å². The third kappa shape index (κ3) is 4.87. The number of carboxylic acids is 1. The second-order valence-corrected chi connectivity index (χ2v) is 6.79. The molecule has 0 saturated carbocycles. The maximum Gasteiger partial charge on any atom is 0.416 e. The van der Waals surface area contributed by atoms with E-state index < -0.39 is 29.2 Å². The normalized spacial score (nSPS) is 14.0. The molecule has 0 spiro atoms. The van der Waals surface area contributed by atoms with Gasteiger partial charge in [0.15, 0.2) is 5.69 Å². The predicted octanol–water partition coefficient (Wildman–Crippen LogP) is 3.51. The van der Waals surface area contributed by atoms with Crippen LogP contribution in [0.4, 0.5) is 13.2 Å². The highest BCUT2D eigenvalue weighted by Gasteiger charge is 2.34. The number of carbonyl (C=O) groups is 2. The van der Waals surface area contributed by atoms with Crippen LogP contribution in [0.15, 0.2) is 36.5 Å². The molecule has 1 aromatic carbocycles. The fourth-order valence-electron chi connectivity index (χ4n) is 2.44. The highest BCUT2D eigenvalue weighted by atomic mass is 19.4. The number of hydrogen-bond donors (Lipinski definition) is 2. The fourth-order valence-corrected chi connectivity index (χ4v) is 2.44. The molecular formula is C18H20F3N3O3. The van der Waals surface area contributed by atoms with Crippen molar-refractivity contribution in [1.29, 1.82) is 0 Å². The maximum absolute atomic E-state index is 12.8. The van der Waals surface area contributed by atoms with Gasteiger partial charge in [-0.05, 0) is 37.1 Å². The Bertz CT molecular complexity index is 846. The molecule has 1 aromatic heterocycles. The van der Waals surface area contributed by atoms with Gasteiger partial charge in [-0.3, -0.25) is 9.59 Å². The molecule has 1 atom stereocenters. The molecule has 0 fully saturated rings. The molecule has 0 aliphatic carbocycles. The summed E-state index contributed by atoms with van der Waals surface area (Å²) in [5.41, 5.74) is -1.69. The number of carboxylic acid groups (broad SMARTS) is 1. The van der Waals surface area contributed by atoms with Crippen LogP contribution in [-0.2, 0) is 11.0 Å². The number of benzene rings is 1. The quantitative estimate of drug-likeness (QED) is 0.800. The van der Waals surface area contributed by atoms with Gasteiger partial charge in [-0.1, -0.05) is 19.9 Å². The minimum absolute atomic E-state index is 0.0234. The summed E-state index contributed by atoms with van der Waals surface area (Å²) in [6.45, 7) is 5.18. The van der Waals surface area contributed by atoms with Crippen molar-refractivity contribution in [1.82, 2.24) is 15.1 Å². The lowest BCUT2D eigenvalue weighted by Gasteiger charge is -2.33. The van der Waals surface area contributed by atoms with Gasteiger partial charge < -0.3 is 10.4 Å². The summed E-state index contributed by atoms with van der Waals surface area (Å²) in [5.74, 6) is -1.82. The summed E-state index contributed by atoms with van der Waals surface area (Å²) in [6, 6.07) is 5.92. The van der Waals surface area contributed by atoms with Gasteiger partial charge in [0.05, 0.1) is 23.2 Å². The van der Waals surface area contributed by atoms with Crippen LogP contribution in [-0.4, -0.2) is 32.3 Å². The lowest BCUT2D eigenvalue weighted by molar-refractivity contribution is -0.139. The van der Waals surface area contributed by atoms with Crippen molar-refractivity contribution < 1.29 is 27.9 Å². The summed E-state index contributed by atoms with van der Waals surface area (Å²) >= 11 is 0. The van der Waals surface area contributed by atoms with Gasteiger partial charge >= 0.3 is 12.1 Å². The lowest BCUT2D eigenvalue weighted by atomic mass is 9.85. The van der Waals surface area contributed by atoms with Crippen LogP contribution in [0.1, 0.15) is 43.2 Å². The molecule has 1 amide bonds. The number of amides is 1. The average molecular weight is 383 g/mol. The number of carbonyl (C=O) groups excluding carboxylic acids is 1. The first-order valence-corrected chi connectivity index (χ1v) is 8.20. The van der Waals surface area contributed by atoms with Gasteiger partial charge in [-0.15, -0.1) is 0 Å². The molecule has 0 bridgehead atoms. The summed E-state index contributed by atoms with van der Waals surface area (Å²) in [7, 11) is 0. The number of aromatic nitrogens is 2. The van der Waals surface area contributed by atoms with E-state index in [-0.39, 0.29) is 23.7 Å². The van der Waals surface area contributed by atoms with E-state index >= 15 is 0 Å². The largest absolute Gasteiger partial charge is 0.481 e. The smallest absolute Gasteiger partial charge is 0.416 e. The molecule has 0 radical (unpaired) electrons. The first kappa shape index (κ1) is 20.5. The first-order chi connectivity index (χ1) is 12.4. The van der Waals surface area contributed by atoms with E-state index in [2.05, 4.69) is 10.4 Å². The number of nitrogens with zero attached hydrogens (tertiary/aromatic N) is 2. The maximum atomic E-state index is 12.8. The van der Waals surface area contributed by atoms with Crippen LogP contribution in [0.5, 0.6) is 0 Å². The van der Waals surface area contributed by atoms with Crippen molar-refractivity contribution >= 4 is 11.9 Å². The van der Waals surface area contributed by atoms with Crippen LogP contribution in [0, 0.1) is 5.92 Å². The van der Waals surface area contributed by atoms with Crippen LogP contribution >= 0.6 is 0 Å². The summed E-state index contributed by atoms with van der Waals surface area (Å²) in [4.78, 5) is 23.5. The molecule has 0 aliphatic rings. The van der Waals surface area contributed by atoms with Crippen molar-refractivity contribution in [3.8, 4) is 5.69 Å². The third-order valence-electron chi connectivity index (χ3n) is 4.45. The lowest BCUT2D eigenvalue weighted by Crippen LogP contribution is -2.51. The van der Waals surface area contributed by atoms with Crippen LogP contribution in [0.2, 0.25) is 0 Å². The second-order valence-electron chi connectivity index (χ2n) is 6.79. The van der Waals surface area contributed by atoms with E-state index in [1.807, 2.05) is 0 Å². The number of aliphatic carboxylic acids is 1. The zero-order valence-electron chi connectivity index (χ0n) is 15.0.